The van der Waals surface area contributed by atoms with E-state index >= 15 is 0 Å². The lowest BCUT2D eigenvalue weighted by Gasteiger charge is -2.40. The quantitative estimate of drug-likeness (QED) is 0.0567. The van der Waals surface area contributed by atoms with Crippen molar-refractivity contribution in [1.29, 1.82) is 0 Å². The summed E-state index contributed by atoms with van der Waals surface area (Å²) in [6, 6.07) is 0. The average Bonchev–Trinajstić information content (AvgIpc) is 3.00. The molecule has 1 unspecified atom stereocenters. The number of alkyl carbamates (subject to hydrolysis) is 1. The second-order valence-electron chi connectivity index (χ2n) is 11.7. The van der Waals surface area contributed by atoms with Crippen LogP contribution in [0.1, 0.15) is 19.8 Å². The van der Waals surface area contributed by atoms with Crippen LogP contribution in [-0.2, 0) is 24.3 Å². The third-order valence-electron chi connectivity index (χ3n) is 6.99. The van der Waals surface area contributed by atoms with Gasteiger partial charge in [0.05, 0.1) is 19.3 Å². The number of ether oxygens (including phenoxy) is 3. The lowest BCUT2D eigenvalue weighted by molar-refractivity contribution is -0.441. The largest absolute Gasteiger partial charge is 0.460 e. The normalized spacial score (nSPS) is 16.3. The molecule has 0 spiro atoms. The summed E-state index contributed by atoms with van der Waals surface area (Å²) in [6.45, 7) is -8.66. The van der Waals surface area contributed by atoms with Crippen molar-refractivity contribution in [2.24, 2.45) is 0 Å². The zero-order chi connectivity index (χ0) is 47.9. The Kier molecular flexibility index (Phi) is 16.1. The highest BCUT2D eigenvalue weighted by atomic mass is 32.2. The number of alkyl halides is 26. The molecular weight excluding hydrogens is 944 g/mol. The van der Waals surface area contributed by atoms with Crippen LogP contribution in [-0.4, -0.2) is 140 Å². The van der Waals surface area contributed by atoms with Crippen molar-refractivity contribution in [2.45, 2.75) is 103 Å². The molecule has 3 N–H and O–H groups in total. The summed E-state index contributed by atoms with van der Waals surface area (Å²) in [6.07, 6.45) is -26.6. The Morgan fingerprint density at radius 3 is 1.10 bits per heavy atom. The van der Waals surface area contributed by atoms with Crippen molar-refractivity contribution in [2.75, 3.05) is 32.1 Å². The summed E-state index contributed by atoms with van der Waals surface area (Å²) in [4.78, 5) is 11.8. The summed E-state index contributed by atoms with van der Waals surface area (Å²) >= 11 is 0. The fraction of sp³-hybridized carbons (Fsp3) is 0.957. The van der Waals surface area contributed by atoms with Gasteiger partial charge in [0.2, 0.25) is 0 Å². The Balaban J connectivity index is 6.57. The van der Waals surface area contributed by atoms with Crippen LogP contribution in [0.15, 0.2) is 0 Å². The maximum absolute atomic E-state index is 14.2. The van der Waals surface area contributed by atoms with Crippen LogP contribution in [0.25, 0.3) is 0 Å². The third-order valence-corrected chi connectivity index (χ3v) is 7.80. The van der Waals surface area contributed by atoms with Crippen molar-refractivity contribution in [3.63, 3.8) is 0 Å². The van der Waals surface area contributed by atoms with Gasteiger partial charge in [0, 0.05) is 19.4 Å². The van der Waals surface area contributed by atoms with Crippen molar-refractivity contribution >= 4 is 16.2 Å². The van der Waals surface area contributed by atoms with Gasteiger partial charge >= 0.3 is 77.7 Å². The number of carbonyl (C=O) groups is 1. The van der Waals surface area contributed by atoms with Crippen LogP contribution >= 0.6 is 0 Å². The topological polar surface area (TPSA) is 131 Å². The predicted octanol–water partition coefficient (Wildman–Crippen LogP) is 7.97. The van der Waals surface area contributed by atoms with Gasteiger partial charge in [-0.05, 0) is 6.92 Å². The fourth-order valence-electron chi connectivity index (χ4n) is 3.58. The highest BCUT2D eigenvalue weighted by molar-refractivity contribution is 7.85. The number of hydrogen-bond donors (Lipinski definition) is 3. The van der Waals surface area contributed by atoms with Gasteiger partial charge in [0.1, 0.15) is 12.4 Å². The van der Waals surface area contributed by atoms with Gasteiger partial charge in [-0.15, -0.1) is 0 Å². The molecule has 0 heterocycles. The number of rotatable bonds is 22. The van der Waals surface area contributed by atoms with Crippen molar-refractivity contribution in [3.8, 4) is 0 Å². The SMILES string of the molecule is CC(COC(=O)NCC(O)CS(=O)(=O)O)(OCCC(F)(F)C(F)(F)C(F)(F)C(F)(F)C(F)(F)C(F)(F)F)OCCC(F)(F)C(F)(F)C(F)(F)C(F)(F)C(F)(F)C(F)(F)F. The third kappa shape index (κ3) is 11.0. The zero-order valence-corrected chi connectivity index (χ0v) is 28.4. The van der Waals surface area contributed by atoms with Crippen LogP contribution in [0.2, 0.25) is 0 Å². The first-order valence-electron chi connectivity index (χ1n) is 14.1. The molecule has 36 heteroatoms. The number of aliphatic hydroxyl groups is 1. The summed E-state index contributed by atoms with van der Waals surface area (Å²) in [5.74, 6) is -85.0. The lowest BCUT2D eigenvalue weighted by atomic mass is 9.92. The van der Waals surface area contributed by atoms with E-state index in [0.29, 0.717) is 0 Å². The number of carbonyl (C=O) groups excluding carboxylic acids is 1. The van der Waals surface area contributed by atoms with Crippen LogP contribution in [0.4, 0.5) is 119 Å². The maximum atomic E-state index is 14.2. The van der Waals surface area contributed by atoms with Gasteiger partial charge in [-0.2, -0.15) is 123 Å². The molecule has 354 valence electrons. The molecule has 1 amide bonds. The Hall–Kier alpha value is -2.76. The van der Waals surface area contributed by atoms with E-state index < -0.39 is 145 Å². The van der Waals surface area contributed by atoms with Crippen LogP contribution < -0.4 is 5.32 Å². The van der Waals surface area contributed by atoms with Gasteiger partial charge in [0.15, 0.2) is 5.79 Å². The molecule has 59 heavy (non-hydrogen) atoms. The minimum absolute atomic E-state index is 0.0562. The zero-order valence-electron chi connectivity index (χ0n) is 27.6. The standard InChI is InChI=1S/C23H21F26NO8S/c1-11(8-56-10(52)50-6-9(51)7-59(53,54)55,57-4-2-12(24,25)14(28,29)16(32,33)18(36,37)20(40,41)22(44,45)46)58-5-3-13(26,27)15(30,31)17(34,35)19(38,39)21(42,43)23(47,48)49/h9,51H,2-8H2,1H3,(H,50,52)(H,53,54,55). The van der Waals surface area contributed by atoms with Gasteiger partial charge in [-0.25, -0.2) is 4.79 Å². The molecule has 0 aromatic rings. The summed E-state index contributed by atoms with van der Waals surface area (Å²) in [7, 11) is -5.00. The molecule has 0 saturated carbocycles. The van der Waals surface area contributed by atoms with Gasteiger partial charge in [-0.3, -0.25) is 4.55 Å². The predicted molar refractivity (Wildman–Crippen MR) is 133 cm³/mol. The van der Waals surface area contributed by atoms with E-state index in [9.17, 15) is 132 Å². The van der Waals surface area contributed by atoms with Gasteiger partial charge in [-0.1, -0.05) is 0 Å². The summed E-state index contributed by atoms with van der Waals surface area (Å²) < 4.78 is 389. The lowest BCUT2D eigenvalue weighted by Crippen LogP contribution is -2.70. The highest BCUT2D eigenvalue weighted by Crippen LogP contribution is 2.62. The highest BCUT2D eigenvalue weighted by Gasteiger charge is 2.92. The molecule has 1 atom stereocenters. The maximum Gasteiger partial charge on any atom is 0.460 e. The fourth-order valence-corrected chi connectivity index (χ4v) is 4.19. The average molecular weight is 965 g/mol. The first-order valence-corrected chi connectivity index (χ1v) is 15.7. The minimum atomic E-state index is -8.41. The van der Waals surface area contributed by atoms with Crippen LogP contribution in [0.5, 0.6) is 0 Å². The first kappa shape index (κ1) is 56.2. The number of aliphatic hydroxyl groups excluding tert-OH is 1. The smallest absolute Gasteiger partial charge is 0.444 e. The Labute approximate surface area is 309 Å². The molecule has 0 fully saturated rings. The van der Waals surface area contributed by atoms with E-state index in [-0.39, 0.29) is 6.92 Å². The monoisotopic (exact) mass is 965 g/mol. The number of amides is 1. The van der Waals surface area contributed by atoms with Crippen molar-refractivity contribution < 1.29 is 151 Å². The molecule has 0 rings (SSSR count). The molecule has 0 radical (unpaired) electrons. The van der Waals surface area contributed by atoms with E-state index in [1.165, 1.54) is 5.32 Å². The molecule has 0 saturated heterocycles. The van der Waals surface area contributed by atoms with Gasteiger partial charge in [0.25, 0.3) is 10.1 Å². The Bertz CT molecular complexity index is 1470. The second-order valence-corrected chi connectivity index (χ2v) is 13.2. The van der Waals surface area contributed by atoms with E-state index in [1.54, 1.807) is 0 Å². The minimum Gasteiger partial charge on any atom is -0.444 e. The molecule has 0 bridgehead atoms. The van der Waals surface area contributed by atoms with Gasteiger partial charge < -0.3 is 24.6 Å². The summed E-state index contributed by atoms with van der Waals surface area (Å²) in [5.41, 5.74) is 0. The molecule has 0 aromatic heterocycles. The molecule has 0 aliphatic rings. The Morgan fingerprint density at radius 1 is 0.542 bits per heavy atom. The first-order chi connectivity index (χ1) is 25.4. The van der Waals surface area contributed by atoms with E-state index in [4.69, 9.17) is 4.55 Å². The van der Waals surface area contributed by atoms with Crippen LogP contribution in [0, 0.1) is 0 Å². The number of nitrogens with one attached hydrogen (secondary N) is 1. The molecule has 0 aliphatic carbocycles. The number of hydrogen-bond acceptors (Lipinski definition) is 7. The van der Waals surface area contributed by atoms with Crippen LogP contribution in [0.3, 0.4) is 0 Å². The molecule has 9 nitrogen and oxygen atoms in total. The van der Waals surface area contributed by atoms with E-state index in [1.807, 2.05) is 0 Å². The molecule has 0 aliphatic heterocycles. The molecule has 0 aromatic carbocycles. The Morgan fingerprint density at radius 2 is 0.831 bits per heavy atom. The summed E-state index contributed by atoms with van der Waals surface area (Å²) in [5, 5.41) is 10.7. The van der Waals surface area contributed by atoms with Crippen molar-refractivity contribution in [1.82, 2.24) is 5.32 Å². The molecular formula is C23H21F26NO8S. The number of halogens is 26. The van der Waals surface area contributed by atoms with E-state index in [2.05, 4.69) is 14.2 Å². The van der Waals surface area contributed by atoms with E-state index in [0.717, 1.165) is 0 Å². The van der Waals surface area contributed by atoms with Crippen molar-refractivity contribution in [3.05, 3.63) is 0 Å². The second kappa shape index (κ2) is 16.8.